The zero-order valence-electron chi connectivity index (χ0n) is 11.4. The molecule has 1 aromatic rings. The lowest BCUT2D eigenvalue weighted by Gasteiger charge is -2.36. The molecule has 0 amide bonds. The Hall–Kier alpha value is -1.17. The second-order valence-corrected chi connectivity index (χ2v) is 7.16. The van der Waals surface area contributed by atoms with Crippen molar-refractivity contribution < 1.29 is 28.3 Å². The van der Waals surface area contributed by atoms with Crippen molar-refractivity contribution >= 4 is 25.2 Å². The maximum absolute atomic E-state index is 12.8. The van der Waals surface area contributed by atoms with Gasteiger partial charge < -0.3 is 18.9 Å². The molecule has 0 radical (unpaired) electrons. The lowest BCUT2D eigenvalue weighted by Crippen LogP contribution is -2.40. The first-order valence-electron chi connectivity index (χ1n) is 5.96. The van der Waals surface area contributed by atoms with E-state index in [4.69, 9.17) is 25.4 Å². The fraction of sp³-hybridized carbons (Fsp3) is 0.308. The maximum Gasteiger partial charge on any atom is 0.370 e. The predicted octanol–water partition coefficient (Wildman–Crippen LogP) is 2.45. The molecule has 6 nitrogen and oxygen atoms in total. The Kier molecular flexibility index (Phi) is 4.56. The summed E-state index contributed by atoms with van der Waals surface area (Å²) in [5.41, 5.74) is 0.197. The van der Waals surface area contributed by atoms with Crippen LogP contribution in [0.5, 0.6) is 0 Å². The van der Waals surface area contributed by atoms with E-state index in [1.807, 2.05) is 0 Å². The predicted molar refractivity (Wildman–Crippen MR) is 76.0 cm³/mol. The van der Waals surface area contributed by atoms with E-state index in [-0.39, 0.29) is 5.56 Å². The molecular weight excluding hydrogens is 319 g/mol. The summed E-state index contributed by atoms with van der Waals surface area (Å²) in [6.07, 6.45) is 1.25. The van der Waals surface area contributed by atoms with Crippen LogP contribution in [0, 0.1) is 0 Å². The van der Waals surface area contributed by atoms with E-state index in [1.165, 1.54) is 30.3 Å². The van der Waals surface area contributed by atoms with Gasteiger partial charge in [-0.1, -0.05) is 23.7 Å². The molecule has 0 bridgehead atoms. The number of rotatable bonds is 5. The minimum absolute atomic E-state index is 0.197. The highest BCUT2D eigenvalue weighted by Crippen LogP contribution is 2.65. The molecule has 0 saturated heterocycles. The Labute approximate surface area is 126 Å². The molecule has 0 aromatic heterocycles. The van der Waals surface area contributed by atoms with Crippen LogP contribution in [-0.4, -0.2) is 31.4 Å². The SMILES string of the molecule is COP(=O)(OC)[C@](O)(c1ccc(Cl)cc1)[C@H]1C=CC(=O)O1. The van der Waals surface area contributed by atoms with E-state index in [9.17, 15) is 14.5 Å². The zero-order chi connectivity index (χ0) is 15.7. The third-order valence-electron chi connectivity index (χ3n) is 3.21. The quantitative estimate of drug-likeness (QED) is 0.659. The van der Waals surface area contributed by atoms with Gasteiger partial charge in [-0.3, -0.25) is 4.57 Å². The van der Waals surface area contributed by atoms with Crippen molar-refractivity contribution in [2.75, 3.05) is 14.2 Å². The molecule has 1 aromatic carbocycles. The smallest absolute Gasteiger partial charge is 0.370 e. The van der Waals surface area contributed by atoms with Gasteiger partial charge in [0.15, 0.2) is 6.10 Å². The van der Waals surface area contributed by atoms with E-state index in [0.29, 0.717) is 5.02 Å². The fourth-order valence-electron chi connectivity index (χ4n) is 2.11. The van der Waals surface area contributed by atoms with Crippen molar-refractivity contribution in [3.8, 4) is 0 Å². The average molecular weight is 333 g/mol. The highest BCUT2D eigenvalue weighted by Gasteiger charge is 2.58. The number of carbonyl (C=O) groups excluding carboxylic acids is 1. The van der Waals surface area contributed by atoms with Gasteiger partial charge in [-0.25, -0.2) is 4.79 Å². The number of aliphatic hydroxyl groups is 1. The van der Waals surface area contributed by atoms with Crippen LogP contribution in [-0.2, 0) is 28.5 Å². The highest BCUT2D eigenvalue weighted by atomic mass is 35.5. The van der Waals surface area contributed by atoms with Crippen molar-refractivity contribution in [1.82, 2.24) is 0 Å². The second kappa shape index (κ2) is 5.91. The number of benzene rings is 1. The minimum atomic E-state index is -4.03. The molecule has 0 saturated carbocycles. The van der Waals surface area contributed by atoms with Gasteiger partial charge >= 0.3 is 13.6 Å². The van der Waals surface area contributed by atoms with Crippen LogP contribution in [0.25, 0.3) is 0 Å². The summed E-state index contributed by atoms with van der Waals surface area (Å²) in [6.45, 7) is 0. The number of cyclic esters (lactones) is 1. The average Bonchev–Trinajstić information content (AvgIpc) is 2.93. The Bertz CT molecular complexity index is 606. The summed E-state index contributed by atoms with van der Waals surface area (Å²) < 4.78 is 27.6. The van der Waals surface area contributed by atoms with Crippen molar-refractivity contribution in [1.29, 1.82) is 0 Å². The summed E-state index contributed by atoms with van der Waals surface area (Å²) in [6, 6.07) is 5.95. The molecule has 1 aliphatic heterocycles. The summed E-state index contributed by atoms with van der Waals surface area (Å²) in [5, 5.41) is 9.28. The molecule has 21 heavy (non-hydrogen) atoms. The normalized spacial score (nSPS) is 21.1. The van der Waals surface area contributed by atoms with E-state index in [2.05, 4.69) is 0 Å². The van der Waals surface area contributed by atoms with Gasteiger partial charge in [-0.2, -0.15) is 0 Å². The van der Waals surface area contributed by atoms with Crippen LogP contribution in [0.1, 0.15) is 5.56 Å². The number of hydrogen-bond acceptors (Lipinski definition) is 6. The molecular formula is C13H14ClO6P. The van der Waals surface area contributed by atoms with Crippen LogP contribution in [0.2, 0.25) is 5.02 Å². The van der Waals surface area contributed by atoms with Crippen LogP contribution in [0.4, 0.5) is 0 Å². The molecule has 1 aliphatic rings. The third kappa shape index (κ3) is 2.65. The lowest BCUT2D eigenvalue weighted by molar-refractivity contribution is -0.145. The van der Waals surface area contributed by atoms with Gasteiger partial charge in [0.25, 0.3) is 0 Å². The van der Waals surface area contributed by atoms with E-state index in [1.54, 1.807) is 0 Å². The first kappa shape index (κ1) is 16.2. The first-order valence-corrected chi connectivity index (χ1v) is 7.88. The molecule has 0 fully saturated rings. The first-order chi connectivity index (χ1) is 9.87. The molecule has 2 atom stereocenters. The van der Waals surface area contributed by atoms with Crippen molar-refractivity contribution in [3.05, 3.63) is 47.0 Å². The Balaban J connectivity index is 2.59. The topological polar surface area (TPSA) is 82.1 Å². The van der Waals surface area contributed by atoms with Gasteiger partial charge in [0, 0.05) is 30.9 Å². The molecule has 2 rings (SSSR count). The maximum atomic E-state index is 12.8. The molecule has 1 N–H and O–H groups in total. The molecule has 0 aliphatic carbocycles. The number of esters is 1. The van der Waals surface area contributed by atoms with Crippen LogP contribution < -0.4 is 0 Å². The number of halogens is 1. The number of carbonyl (C=O) groups is 1. The van der Waals surface area contributed by atoms with Gasteiger partial charge in [0.2, 0.25) is 5.34 Å². The second-order valence-electron chi connectivity index (χ2n) is 4.31. The Morgan fingerprint density at radius 1 is 1.29 bits per heavy atom. The summed E-state index contributed by atoms with van der Waals surface area (Å²) in [7, 11) is -1.74. The van der Waals surface area contributed by atoms with E-state index in [0.717, 1.165) is 20.3 Å². The van der Waals surface area contributed by atoms with E-state index >= 15 is 0 Å². The lowest BCUT2D eigenvalue weighted by atomic mass is 10.0. The molecule has 8 heteroatoms. The van der Waals surface area contributed by atoms with E-state index < -0.39 is 25.0 Å². The fourth-order valence-corrected chi connectivity index (χ4v) is 3.86. The number of ether oxygens (including phenoxy) is 1. The van der Waals surface area contributed by atoms with Crippen LogP contribution >= 0.6 is 19.2 Å². The van der Waals surface area contributed by atoms with Gasteiger partial charge in [-0.15, -0.1) is 0 Å². The summed E-state index contributed by atoms with van der Waals surface area (Å²) in [5.74, 6) is -0.647. The van der Waals surface area contributed by atoms with Gasteiger partial charge in [0.05, 0.1) is 0 Å². The molecule has 114 valence electrons. The van der Waals surface area contributed by atoms with Gasteiger partial charge in [-0.05, 0) is 18.2 Å². The Morgan fingerprint density at radius 2 is 1.86 bits per heavy atom. The van der Waals surface area contributed by atoms with Crippen molar-refractivity contribution in [2.24, 2.45) is 0 Å². The largest absolute Gasteiger partial charge is 0.451 e. The summed E-state index contributed by atoms with van der Waals surface area (Å²) in [4.78, 5) is 11.3. The van der Waals surface area contributed by atoms with Crippen molar-refractivity contribution in [3.63, 3.8) is 0 Å². The zero-order valence-corrected chi connectivity index (χ0v) is 13.0. The van der Waals surface area contributed by atoms with Crippen molar-refractivity contribution in [2.45, 2.75) is 11.4 Å². The molecule has 1 heterocycles. The highest BCUT2D eigenvalue weighted by molar-refractivity contribution is 7.55. The minimum Gasteiger partial charge on any atom is -0.451 e. The Morgan fingerprint density at radius 3 is 2.29 bits per heavy atom. The number of hydrogen-bond donors (Lipinski definition) is 1. The molecule has 0 spiro atoms. The van der Waals surface area contributed by atoms with Crippen LogP contribution in [0.3, 0.4) is 0 Å². The standard InChI is InChI=1S/C13H14ClO6P/c1-18-21(17,19-2)13(16,11-7-8-12(15)20-11)9-3-5-10(14)6-4-9/h3-8,11,16H,1-2H3/t11-,13-/m1/s1. The van der Waals surface area contributed by atoms with Gasteiger partial charge in [0.1, 0.15) is 0 Å². The molecule has 0 unspecified atom stereocenters. The third-order valence-corrected chi connectivity index (χ3v) is 5.78. The monoisotopic (exact) mass is 332 g/mol. The van der Waals surface area contributed by atoms with Crippen LogP contribution in [0.15, 0.2) is 36.4 Å². The summed E-state index contributed by atoms with van der Waals surface area (Å²) >= 11 is 5.81.